The van der Waals surface area contributed by atoms with E-state index < -0.39 is 14.6 Å². The summed E-state index contributed by atoms with van der Waals surface area (Å²) in [5.41, 5.74) is 0. The lowest BCUT2D eigenvalue weighted by molar-refractivity contribution is 0.278. The molecule has 0 aliphatic carbocycles. The van der Waals surface area contributed by atoms with Crippen LogP contribution >= 0.6 is 7.26 Å². The second kappa shape index (κ2) is 10.2. The van der Waals surface area contributed by atoms with Gasteiger partial charge in [-0.15, -0.1) is 0 Å². The van der Waals surface area contributed by atoms with Crippen molar-refractivity contribution in [2.75, 3.05) is 0 Å². The first-order chi connectivity index (χ1) is 14.2. The average Bonchev–Trinajstić information content (AvgIpc) is 2.77. The van der Waals surface area contributed by atoms with Crippen LogP contribution in [0.1, 0.15) is 0 Å². The topological polar surface area (TPSA) is 60.7 Å². The lowest BCUT2D eigenvalue weighted by atomic mass is 10.3. The number of hydrogen-bond donors (Lipinski definition) is 3. The summed E-state index contributed by atoms with van der Waals surface area (Å²) in [4.78, 5) is 0. The van der Waals surface area contributed by atoms with E-state index in [0.29, 0.717) is 0 Å². The summed E-state index contributed by atoms with van der Waals surface area (Å²) < 4.78 is 0. The fourth-order valence-corrected chi connectivity index (χ4v) is 7.77. The van der Waals surface area contributed by atoms with Crippen LogP contribution in [0.25, 0.3) is 0 Å². The van der Waals surface area contributed by atoms with Gasteiger partial charge in [0, 0.05) is 0 Å². The zero-order valence-corrected chi connectivity index (χ0v) is 16.8. The average molecular weight is 401 g/mol. The lowest BCUT2D eigenvalue weighted by Gasteiger charge is -2.27. The van der Waals surface area contributed by atoms with Crippen LogP contribution in [0.2, 0.25) is 0 Å². The van der Waals surface area contributed by atoms with E-state index in [1.165, 1.54) is 21.2 Å². The maximum Gasteiger partial charge on any atom is 0.631 e. The van der Waals surface area contributed by atoms with Crippen LogP contribution in [-0.2, 0) is 0 Å². The third kappa shape index (κ3) is 4.82. The van der Waals surface area contributed by atoms with E-state index in [1.54, 1.807) is 0 Å². The molecule has 0 aliphatic heterocycles. The Bertz CT molecular complexity index is 815. The van der Waals surface area contributed by atoms with Crippen molar-refractivity contribution in [3.8, 4) is 0 Å². The fraction of sp³-hybridized carbons (Fsp3) is 0. The molecule has 0 saturated carbocycles. The number of benzene rings is 4. The quantitative estimate of drug-likeness (QED) is 0.363. The molecule has 0 atom stereocenters. The molecule has 3 nitrogen and oxygen atoms in total. The summed E-state index contributed by atoms with van der Waals surface area (Å²) in [6.07, 6.45) is 0. The first kappa shape index (κ1) is 21.0. The molecular weight excluding hydrogens is 378 g/mol. The summed E-state index contributed by atoms with van der Waals surface area (Å²) in [5.74, 6) is 0. The Hall–Kier alpha value is -2.75. The molecule has 29 heavy (non-hydrogen) atoms. The molecule has 4 aromatic rings. The molecule has 0 radical (unpaired) electrons. The van der Waals surface area contributed by atoms with Crippen molar-refractivity contribution in [2.45, 2.75) is 0 Å². The third-order valence-corrected chi connectivity index (χ3v) is 8.86. The van der Waals surface area contributed by atoms with Crippen molar-refractivity contribution in [3.05, 3.63) is 121 Å². The van der Waals surface area contributed by atoms with Crippen LogP contribution in [0.4, 0.5) is 0 Å². The van der Waals surface area contributed by atoms with Crippen LogP contribution in [-0.4, -0.2) is 22.4 Å². The van der Waals surface area contributed by atoms with Gasteiger partial charge in [-0.05, 0) is 48.5 Å². The first-order valence-corrected chi connectivity index (χ1v) is 11.1. The molecule has 3 N–H and O–H groups in total. The molecular formula is C24H23BO3P+. The smallest absolute Gasteiger partial charge is 0.402 e. The van der Waals surface area contributed by atoms with Gasteiger partial charge in [0.05, 0.1) is 0 Å². The van der Waals surface area contributed by atoms with Gasteiger partial charge in [0.25, 0.3) is 0 Å². The maximum atomic E-state index is 7.17. The summed E-state index contributed by atoms with van der Waals surface area (Å²) in [6, 6.07) is 43.8. The third-order valence-electron chi connectivity index (χ3n) is 4.57. The molecule has 0 unspecified atom stereocenters. The highest BCUT2D eigenvalue weighted by atomic mass is 31.2. The highest BCUT2D eigenvalue weighted by Gasteiger charge is 2.47. The number of hydrogen-bond acceptors (Lipinski definition) is 3. The predicted molar refractivity (Wildman–Crippen MR) is 124 cm³/mol. The normalized spacial score (nSPS) is 10.6. The highest BCUT2D eigenvalue weighted by Crippen LogP contribution is 2.53. The van der Waals surface area contributed by atoms with Crippen molar-refractivity contribution in [2.24, 2.45) is 0 Å². The Balaban J connectivity index is 0.000000552. The van der Waals surface area contributed by atoms with Gasteiger partial charge in [0.15, 0.2) is 0 Å². The van der Waals surface area contributed by atoms with E-state index >= 15 is 0 Å². The Morgan fingerprint density at radius 3 is 0.724 bits per heavy atom. The minimum Gasteiger partial charge on any atom is -0.402 e. The van der Waals surface area contributed by atoms with Crippen molar-refractivity contribution in [1.82, 2.24) is 0 Å². The van der Waals surface area contributed by atoms with E-state index in [-0.39, 0.29) is 0 Å². The largest absolute Gasteiger partial charge is 0.631 e. The molecule has 4 aromatic carbocycles. The van der Waals surface area contributed by atoms with Crippen LogP contribution in [0.5, 0.6) is 0 Å². The summed E-state index contributed by atoms with van der Waals surface area (Å²) in [7, 11) is -4.07. The van der Waals surface area contributed by atoms with E-state index in [4.69, 9.17) is 15.1 Å². The van der Waals surface area contributed by atoms with Crippen LogP contribution in [0.15, 0.2) is 121 Å². The second-order valence-corrected chi connectivity index (χ2v) is 9.77. The molecule has 4 rings (SSSR count). The summed E-state index contributed by atoms with van der Waals surface area (Å²) in [6.45, 7) is 0. The minimum absolute atomic E-state index is 1.39. The minimum atomic E-state index is -2.17. The van der Waals surface area contributed by atoms with E-state index in [0.717, 1.165) is 0 Å². The van der Waals surface area contributed by atoms with Crippen molar-refractivity contribution in [1.29, 1.82) is 0 Å². The van der Waals surface area contributed by atoms with Crippen molar-refractivity contribution < 1.29 is 15.1 Å². The zero-order chi connectivity index (χ0) is 20.5. The van der Waals surface area contributed by atoms with Crippen molar-refractivity contribution >= 4 is 35.8 Å². The van der Waals surface area contributed by atoms with E-state index in [9.17, 15) is 0 Å². The molecule has 0 aliphatic rings. The van der Waals surface area contributed by atoms with Crippen LogP contribution in [0, 0.1) is 0 Å². The van der Waals surface area contributed by atoms with Gasteiger partial charge in [-0.1, -0.05) is 72.8 Å². The van der Waals surface area contributed by atoms with Gasteiger partial charge in [0.1, 0.15) is 28.5 Å². The summed E-state index contributed by atoms with van der Waals surface area (Å²) >= 11 is 0. The van der Waals surface area contributed by atoms with Crippen LogP contribution < -0.4 is 21.2 Å². The Morgan fingerprint density at radius 1 is 0.379 bits per heavy atom. The number of rotatable bonds is 4. The molecule has 144 valence electrons. The first-order valence-electron chi connectivity index (χ1n) is 9.31. The maximum absolute atomic E-state index is 7.17. The van der Waals surface area contributed by atoms with Gasteiger partial charge in [-0.25, -0.2) is 0 Å². The van der Waals surface area contributed by atoms with Gasteiger partial charge in [-0.2, -0.15) is 0 Å². The van der Waals surface area contributed by atoms with Gasteiger partial charge >= 0.3 is 7.32 Å². The van der Waals surface area contributed by atoms with Gasteiger partial charge in [-0.3, -0.25) is 0 Å². The molecule has 0 fully saturated rings. The Morgan fingerprint density at radius 2 is 0.552 bits per heavy atom. The lowest BCUT2D eigenvalue weighted by Crippen LogP contribution is -2.38. The fourth-order valence-electron chi connectivity index (χ4n) is 3.50. The Labute approximate surface area is 172 Å². The molecule has 0 aromatic heterocycles. The molecule has 5 heteroatoms. The van der Waals surface area contributed by atoms with Gasteiger partial charge in [0.2, 0.25) is 0 Å². The highest BCUT2D eigenvalue weighted by molar-refractivity contribution is 8.01. The SMILES string of the molecule is OB(O)O.c1ccc([P+](c2ccccc2)(c2ccccc2)c2ccccc2)cc1. The monoisotopic (exact) mass is 401 g/mol. The van der Waals surface area contributed by atoms with Crippen LogP contribution in [0.3, 0.4) is 0 Å². The predicted octanol–water partition coefficient (Wildman–Crippen LogP) is 2.25. The summed E-state index contributed by atoms with van der Waals surface area (Å²) in [5, 5.41) is 27.1. The molecule has 0 saturated heterocycles. The second-order valence-electron chi connectivity index (χ2n) is 6.36. The van der Waals surface area contributed by atoms with E-state index in [2.05, 4.69) is 121 Å². The molecule has 0 spiro atoms. The molecule has 0 amide bonds. The molecule has 0 heterocycles. The molecule has 0 bridgehead atoms. The van der Waals surface area contributed by atoms with Gasteiger partial charge < -0.3 is 15.1 Å². The Kier molecular flexibility index (Phi) is 7.34. The standard InChI is InChI=1S/C24H20P.BH3O3/c1-5-13-21(14-6-1)25(22-15-7-2-8-16-22,23-17-9-3-10-18-23)24-19-11-4-12-20-24;2-1(3)4/h1-20H;2-4H/q+1;. The van der Waals surface area contributed by atoms with Crippen molar-refractivity contribution in [3.63, 3.8) is 0 Å². The van der Waals surface area contributed by atoms with E-state index in [1.807, 2.05) is 0 Å². The zero-order valence-electron chi connectivity index (χ0n) is 15.9.